The molecule has 0 aliphatic heterocycles. The Hall–Kier alpha value is -1.14. The van der Waals surface area contributed by atoms with Crippen molar-refractivity contribution in [3.63, 3.8) is 0 Å². The van der Waals surface area contributed by atoms with Crippen LogP contribution in [-0.4, -0.2) is 37.6 Å². The normalized spacial score (nSPS) is 13.2. The smallest absolute Gasteiger partial charge is 0.159 e. The van der Waals surface area contributed by atoms with Crippen molar-refractivity contribution >= 4 is 22.8 Å². The van der Waals surface area contributed by atoms with Crippen LogP contribution in [0, 0.1) is 5.92 Å². The Bertz CT molecular complexity index is 444. The fourth-order valence-corrected chi connectivity index (χ4v) is 2.11. The highest BCUT2D eigenvalue weighted by Gasteiger charge is 2.07. The molecule has 0 fully saturated rings. The molecule has 2 rings (SSSR count). The molecule has 2 aromatic rings. The zero-order chi connectivity index (χ0) is 10.7. The van der Waals surface area contributed by atoms with Crippen molar-refractivity contribution in [3.8, 4) is 0 Å². The number of H-pyrrole nitrogens is 1. The van der Waals surface area contributed by atoms with Gasteiger partial charge in [-0.2, -0.15) is 5.10 Å². The van der Waals surface area contributed by atoms with Gasteiger partial charge >= 0.3 is 0 Å². The van der Waals surface area contributed by atoms with Crippen LogP contribution < -0.4 is 0 Å². The summed E-state index contributed by atoms with van der Waals surface area (Å²) in [7, 11) is 0. The molecule has 0 aromatic carbocycles. The molecule has 5 nitrogen and oxygen atoms in total. The molecule has 0 radical (unpaired) electrons. The molecule has 0 aliphatic rings. The predicted octanol–water partition coefficient (Wildman–Crippen LogP) is 1.07. The van der Waals surface area contributed by atoms with E-state index in [1.807, 2.05) is 6.92 Å². The third kappa shape index (κ3) is 2.27. The average Bonchev–Trinajstić information content (AvgIpc) is 2.74. The monoisotopic (exact) mass is 224 g/mol. The predicted molar refractivity (Wildman–Crippen MR) is 58.7 cm³/mol. The van der Waals surface area contributed by atoms with E-state index in [9.17, 15) is 0 Å². The van der Waals surface area contributed by atoms with Gasteiger partial charge in [0.2, 0.25) is 0 Å². The van der Waals surface area contributed by atoms with Crippen LogP contribution in [0.4, 0.5) is 0 Å². The van der Waals surface area contributed by atoms with Crippen LogP contribution in [0.3, 0.4) is 0 Å². The van der Waals surface area contributed by atoms with Gasteiger partial charge < -0.3 is 5.11 Å². The quantitative estimate of drug-likeness (QED) is 0.600. The van der Waals surface area contributed by atoms with E-state index in [1.54, 1.807) is 18.0 Å². The van der Waals surface area contributed by atoms with E-state index in [0.717, 1.165) is 21.8 Å². The summed E-state index contributed by atoms with van der Waals surface area (Å²) in [6, 6.07) is 0. The van der Waals surface area contributed by atoms with Crippen molar-refractivity contribution in [2.75, 3.05) is 12.4 Å². The van der Waals surface area contributed by atoms with Crippen molar-refractivity contribution in [3.05, 3.63) is 12.5 Å². The number of hydrogen-bond donors (Lipinski definition) is 2. The maximum Gasteiger partial charge on any atom is 0.159 e. The molecule has 0 aliphatic carbocycles. The van der Waals surface area contributed by atoms with Crippen molar-refractivity contribution in [2.24, 2.45) is 5.92 Å². The summed E-state index contributed by atoms with van der Waals surface area (Å²) in [6.45, 7) is 2.20. The molecule has 0 bridgehead atoms. The van der Waals surface area contributed by atoms with E-state index < -0.39 is 0 Å². The Morgan fingerprint density at radius 3 is 3.20 bits per heavy atom. The summed E-state index contributed by atoms with van der Waals surface area (Å²) >= 11 is 1.62. The standard InChI is InChI=1S/C9H12N4OS/c1-6(3-14)4-15-9-7-2-12-13-8(7)10-5-11-9/h2,5-6,14H,3-4H2,1H3,(H,10,11,12,13). The number of fused-ring (bicyclic) bond motifs is 1. The number of thioether (sulfide) groups is 1. The van der Waals surface area contributed by atoms with Crippen LogP contribution in [0.1, 0.15) is 6.92 Å². The van der Waals surface area contributed by atoms with E-state index in [4.69, 9.17) is 5.11 Å². The lowest BCUT2D eigenvalue weighted by Gasteiger charge is -2.06. The third-order valence-corrected chi connectivity index (χ3v) is 3.36. The van der Waals surface area contributed by atoms with Gasteiger partial charge in [-0.25, -0.2) is 9.97 Å². The number of rotatable bonds is 4. The highest BCUT2D eigenvalue weighted by Crippen LogP contribution is 2.24. The molecule has 15 heavy (non-hydrogen) atoms. The number of hydrogen-bond acceptors (Lipinski definition) is 5. The highest BCUT2D eigenvalue weighted by atomic mass is 32.2. The average molecular weight is 224 g/mol. The summed E-state index contributed by atoms with van der Waals surface area (Å²) in [4.78, 5) is 8.25. The number of aliphatic hydroxyl groups is 1. The Kier molecular flexibility index (Phi) is 3.17. The first kappa shape index (κ1) is 10.4. The van der Waals surface area contributed by atoms with Crippen molar-refractivity contribution < 1.29 is 5.11 Å². The number of nitrogens with zero attached hydrogens (tertiary/aromatic N) is 3. The molecule has 0 spiro atoms. The SMILES string of the molecule is CC(CO)CSc1ncnc2[nH]ncc12. The second-order valence-corrected chi connectivity index (χ2v) is 4.42. The van der Waals surface area contributed by atoms with Gasteiger partial charge in [-0.1, -0.05) is 6.92 Å². The lowest BCUT2D eigenvalue weighted by molar-refractivity contribution is 0.250. The van der Waals surface area contributed by atoms with Crippen LogP contribution >= 0.6 is 11.8 Å². The minimum absolute atomic E-state index is 0.201. The molecular weight excluding hydrogens is 212 g/mol. The van der Waals surface area contributed by atoms with Crippen molar-refractivity contribution in [1.29, 1.82) is 0 Å². The van der Waals surface area contributed by atoms with Gasteiger partial charge in [-0.05, 0) is 5.92 Å². The minimum atomic E-state index is 0.201. The topological polar surface area (TPSA) is 74.7 Å². The lowest BCUT2D eigenvalue weighted by atomic mass is 10.2. The molecule has 0 saturated carbocycles. The van der Waals surface area contributed by atoms with Gasteiger partial charge in [0.25, 0.3) is 0 Å². The van der Waals surface area contributed by atoms with Gasteiger partial charge in [-0.3, -0.25) is 5.10 Å². The maximum absolute atomic E-state index is 8.92. The molecule has 2 aromatic heterocycles. The first-order valence-corrected chi connectivity index (χ1v) is 5.67. The highest BCUT2D eigenvalue weighted by molar-refractivity contribution is 7.99. The molecule has 2 N–H and O–H groups in total. The Morgan fingerprint density at radius 2 is 2.40 bits per heavy atom. The maximum atomic E-state index is 8.92. The first-order chi connectivity index (χ1) is 7.31. The van der Waals surface area contributed by atoms with E-state index in [-0.39, 0.29) is 12.5 Å². The molecule has 1 atom stereocenters. The summed E-state index contributed by atoms with van der Waals surface area (Å²) in [5.41, 5.74) is 0.754. The van der Waals surface area contributed by atoms with Crippen LogP contribution in [0.5, 0.6) is 0 Å². The minimum Gasteiger partial charge on any atom is -0.396 e. The summed E-state index contributed by atoms with van der Waals surface area (Å²) in [5.74, 6) is 1.11. The number of aromatic nitrogens is 4. The van der Waals surface area contributed by atoms with Crippen molar-refractivity contribution in [2.45, 2.75) is 11.9 Å². The number of aromatic amines is 1. The fraction of sp³-hybridized carbons (Fsp3) is 0.444. The Balaban J connectivity index is 2.17. The van der Waals surface area contributed by atoms with E-state index in [0.29, 0.717) is 0 Å². The van der Waals surface area contributed by atoms with Crippen LogP contribution in [0.2, 0.25) is 0 Å². The molecular formula is C9H12N4OS. The summed E-state index contributed by atoms with van der Waals surface area (Å²) < 4.78 is 0. The van der Waals surface area contributed by atoms with Crippen molar-refractivity contribution in [1.82, 2.24) is 20.2 Å². The fourth-order valence-electron chi connectivity index (χ4n) is 1.13. The van der Waals surface area contributed by atoms with Gasteiger partial charge in [0.05, 0.1) is 11.6 Å². The second kappa shape index (κ2) is 4.59. The number of nitrogens with one attached hydrogen (secondary N) is 1. The van der Waals surface area contributed by atoms with Gasteiger partial charge in [0.1, 0.15) is 11.4 Å². The summed E-state index contributed by atoms with van der Waals surface area (Å²) in [5, 5.41) is 17.5. The zero-order valence-electron chi connectivity index (χ0n) is 8.34. The van der Waals surface area contributed by atoms with Crippen LogP contribution in [-0.2, 0) is 0 Å². The van der Waals surface area contributed by atoms with Gasteiger partial charge in [0.15, 0.2) is 5.65 Å². The molecule has 0 saturated heterocycles. The van der Waals surface area contributed by atoms with E-state index in [1.165, 1.54) is 6.33 Å². The molecule has 0 amide bonds. The van der Waals surface area contributed by atoms with Crippen LogP contribution in [0.25, 0.3) is 11.0 Å². The summed E-state index contributed by atoms with van der Waals surface area (Å²) in [6.07, 6.45) is 3.24. The Morgan fingerprint density at radius 1 is 1.53 bits per heavy atom. The third-order valence-electron chi connectivity index (χ3n) is 2.03. The lowest BCUT2D eigenvalue weighted by Crippen LogP contribution is -2.03. The largest absolute Gasteiger partial charge is 0.396 e. The van der Waals surface area contributed by atoms with E-state index in [2.05, 4.69) is 20.2 Å². The first-order valence-electron chi connectivity index (χ1n) is 4.69. The van der Waals surface area contributed by atoms with Gasteiger partial charge in [-0.15, -0.1) is 11.8 Å². The Labute approximate surface area is 91.3 Å². The number of aliphatic hydroxyl groups excluding tert-OH is 1. The van der Waals surface area contributed by atoms with E-state index >= 15 is 0 Å². The van der Waals surface area contributed by atoms with Gasteiger partial charge in [0, 0.05) is 12.4 Å². The molecule has 6 heteroatoms. The zero-order valence-corrected chi connectivity index (χ0v) is 9.16. The second-order valence-electron chi connectivity index (χ2n) is 3.41. The molecule has 2 heterocycles. The molecule has 1 unspecified atom stereocenters. The van der Waals surface area contributed by atoms with Crippen LogP contribution in [0.15, 0.2) is 17.6 Å². The molecule has 80 valence electrons.